The Morgan fingerprint density at radius 2 is 2.55 bits per heavy atom. The summed E-state index contributed by atoms with van der Waals surface area (Å²) in [6.45, 7) is 1.41. The SMILES string of the molecule is OC1(c2cn[nH]n2)CCNC1. The van der Waals surface area contributed by atoms with E-state index in [1.54, 1.807) is 6.20 Å². The number of nitrogens with zero attached hydrogens (tertiary/aromatic N) is 2. The molecule has 0 bridgehead atoms. The van der Waals surface area contributed by atoms with Crippen LogP contribution in [0.2, 0.25) is 0 Å². The van der Waals surface area contributed by atoms with Gasteiger partial charge in [0.1, 0.15) is 11.3 Å². The highest BCUT2D eigenvalue weighted by molar-refractivity contribution is 5.09. The molecule has 1 unspecified atom stereocenters. The van der Waals surface area contributed by atoms with Crippen molar-refractivity contribution in [2.24, 2.45) is 0 Å². The van der Waals surface area contributed by atoms with Crippen LogP contribution in [0.25, 0.3) is 0 Å². The van der Waals surface area contributed by atoms with E-state index in [0.717, 1.165) is 6.54 Å². The maximum Gasteiger partial charge on any atom is 0.123 e. The fourth-order valence-electron chi connectivity index (χ4n) is 1.32. The molecule has 0 radical (unpaired) electrons. The van der Waals surface area contributed by atoms with Crippen molar-refractivity contribution in [1.82, 2.24) is 20.7 Å². The van der Waals surface area contributed by atoms with Crippen molar-refractivity contribution in [2.45, 2.75) is 12.0 Å². The molecule has 1 atom stereocenters. The molecule has 0 spiro atoms. The van der Waals surface area contributed by atoms with Crippen LogP contribution in [0.1, 0.15) is 12.1 Å². The summed E-state index contributed by atoms with van der Waals surface area (Å²) in [6, 6.07) is 0. The highest BCUT2D eigenvalue weighted by atomic mass is 16.3. The van der Waals surface area contributed by atoms with Crippen LogP contribution < -0.4 is 5.32 Å². The second-order valence-corrected chi connectivity index (χ2v) is 2.81. The molecule has 5 nitrogen and oxygen atoms in total. The fourth-order valence-corrected chi connectivity index (χ4v) is 1.32. The van der Waals surface area contributed by atoms with Gasteiger partial charge < -0.3 is 10.4 Å². The smallest absolute Gasteiger partial charge is 0.123 e. The van der Waals surface area contributed by atoms with Crippen LogP contribution in [0.4, 0.5) is 0 Å². The molecule has 2 rings (SSSR count). The first kappa shape index (κ1) is 6.75. The van der Waals surface area contributed by atoms with Crippen molar-refractivity contribution in [2.75, 3.05) is 13.1 Å². The van der Waals surface area contributed by atoms with Gasteiger partial charge in [-0.1, -0.05) is 0 Å². The molecule has 0 aromatic carbocycles. The van der Waals surface area contributed by atoms with Crippen LogP contribution in [0.5, 0.6) is 0 Å². The van der Waals surface area contributed by atoms with Gasteiger partial charge in [-0.25, -0.2) is 0 Å². The van der Waals surface area contributed by atoms with E-state index in [-0.39, 0.29) is 0 Å². The molecule has 0 saturated carbocycles. The van der Waals surface area contributed by atoms with Gasteiger partial charge in [-0.3, -0.25) is 0 Å². The number of aromatic nitrogens is 3. The Labute approximate surface area is 63.8 Å². The molecule has 1 saturated heterocycles. The quantitative estimate of drug-likeness (QED) is 0.484. The third kappa shape index (κ3) is 1.02. The van der Waals surface area contributed by atoms with E-state index < -0.39 is 5.60 Å². The van der Waals surface area contributed by atoms with E-state index in [1.807, 2.05) is 0 Å². The molecule has 60 valence electrons. The van der Waals surface area contributed by atoms with Crippen LogP contribution in [-0.4, -0.2) is 33.6 Å². The summed E-state index contributed by atoms with van der Waals surface area (Å²) in [5.74, 6) is 0. The summed E-state index contributed by atoms with van der Waals surface area (Å²) in [4.78, 5) is 0. The molecule has 1 aliphatic rings. The maximum absolute atomic E-state index is 9.87. The van der Waals surface area contributed by atoms with Crippen LogP contribution in [0.15, 0.2) is 6.20 Å². The zero-order chi connectivity index (χ0) is 7.73. The fraction of sp³-hybridized carbons (Fsp3) is 0.667. The molecule has 0 amide bonds. The summed E-state index contributed by atoms with van der Waals surface area (Å²) in [6.07, 6.45) is 2.27. The Kier molecular flexibility index (Phi) is 1.40. The van der Waals surface area contributed by atoms with Gasteiger partial charge in [0, 0.05) is 6.54 Å². The minimum atomic E-state index is -0.799. The second kappa shape index (κ2) is 2.28. The third-order valence-corrected chi connectivity index (χ3v) is 2.02. The van der Waals surface area contributed by atoms with Crippen molar-refractivity contribution in [1.29, 1.82) is 0 Å². The standard InChI is InChI=1S/C6H10N4O/c11-6(1-2-7-4-6)5-3-8-10-9-5/h3,7,11H,1-2,4H2,(H,8,9,10). The first-order valence-electron chi connectivity index (χ1n) is 3.61. The summed E-state index contributed by atoms with van der Waals surface area (Å²) in [5.41, 5.74) is -0.171. The van der Waals surface area contributed by atoms with Crippen molar-refractivity contribution >= 4 is 0 Å². The zero-order valence-electron chi connectivity index (χ0n) is 6.04. The number of nitrogens with one attached hydrogen (secondary N) is 2. The van der Waals surface area contributed by atoms with Crippen LogP contribution >= 0.6 is 0 Å². The van der Waals surface area contributed by atoms with E-state index in [2.05, 4.69) is 20.7 Å². The molecule has 1 aromatic rings. The average Bonchev–Trinajstić information content (AvgIpc) is 2.55. The van der Waals surface area contributed by atoms with Crippen molar-refractivity contribution in [3.05, 3.63) is 11.9 Å². The Morgan fingerprint density at radius 1 is 1.64 bits per heavy atom. The number of H-pyrrole nitrogens is 1. The predicted octanol–water partition coefficient (Wildman–Crippen LogP) is -1.01. The minimum Gasteiger partial charge on any atom is -0.382 e. The lowest BCUT2D eigenvalue weighted by Gasteiger charge is -2.16. The highest BCUT2D eigenvalue weighted by Crippen LogP contribution is 2.24. The second-order valence-electron chi connectivity index (χ2n) is 2.81. The Hall–Kier alpha value is -0.940. The predicted molar refractivity (Wildman–Crippen MR) is 37.8 cm³/mol. The van der Waals surface area contributed by atoms with Crippen molar-refractivity contribution < 1.29 is 5.11 Å². The zero-order valence-corrected chi connectivity index (χ0v) is 6.04. The topological polar surface area (TPSA) is 73.8 Å². The Morgan fingerprint density at radius 3 is 3.09 bits per heavy atom. The van der Waals surface area contributed by atoms with Crippen molar-refractivity contribution in [3.63, 3.8) is 0 Å². The molecular formula is C6H10N4O. The first-order chi connectivity index (χ1) is 5.31. The molecule has 3 N–H and O–H groups in total. The van der Waals surface area contributed by atoms with E-state index in [1.165, 1.54) is 0 Å². The Bertz CT molecular complexity index is 227. The lowest BCUT2D eigenvalue weighted by molar-refractivity contribution is 0.0541. The molecule has 5 heteroatoms. The van der Waals surface area contributed by atoms with Gasteiger partial charge in [-0.2, -0.15) is 15.4 Å². The number of hydrogen-bond donors (Lipinski definition) is 3. The largest absolute Gasteiger partial charge is 0.382 e. The minimum absolute atomic E-state index is 0.569. The highest BCUT2D eigenvalue weighted by Gasteiger charge is 2.35. The number of aliphatic hydroxyl groups is 1. The summed E-state index contributed by atoms with van der Waals surface area (Å²) >= 11 is 0. The first-order valence-corrected chi connectivity index (χ1v) is 3.61. The normalized spacial score (nSPS) is 31.0. The van der Waals surface area contributed by atoms with Gasteiger partial charge in [0.25, 0.3) is 0 Å². The molecule has 1 fully saturated rings. The van der Waals surface area contributed by atoms with Crippen LogP contribution in [-0.2, 0) is 5.60 Å². The van der Waals surface area contributed by atoms with E-state index in [0.29, 0.717) is 18.7 Å². The molecule has 2 heterocycles. The van der Waals surface area contributed by atoms with E-state index in [4.69, 9.17) is 0 Å². The van der Waals surface area contributed by atoms with Gasteiger partial charge in [-0.15, -0.1) is 0 Å². The lowest BCUT2D eigenvalue weighted by atomic mass is 10.0. The Balaban J connectivity index is 2.27. The van der Waals surface area contributed by atoms with Crippen LogP contribution in [0.3, 0.4) is 0 Å². The monoisotopic (exact) mass is 154 g/mol. The van der Waals surface area contributed by atoms with Gasteiger partial charge in [-0.05, 0) is 13.0 Å². The van der Waals surface area contributed by atoms with Gasteiger partial charge in [0.15, 0.2) is 0 Å². The average molecular weight is 154 g/mol. The summed E-state index contributed by atoms with van der Waals surface area (Å²) < 4.78 is 0. The summed E-state index contributed by atoms with van der Waals surface area (Å²) in [5, 5.41) is 22.9. The number of β-amino-alcohol motifs (C(OH)–C–C–N with tert-alkyl or cyclic N) is 1. The third-order valence-electron chi connectivity index (χ3n) is 2.02. The molecule has 1 aliphatic heterocycles. The molecular weight excluding hydrogens is 144 g/mol. The van der Waals surface area contributed by atoms with E-state index in [9.17, 15) is 5.11 Å². The van der Waals surface area contributed by atoms with Crippen LogP contribution in [0, 0.1) is 0 Å². The molecule has 11 heavy (non-hydrogen) atoms. The van der Waals surface area contributed by atoms with E-state index >= 15 is 0 Å². The lowest BCUT2D eigenvalue weighted by Crippen LogP contribution is -2.28. The van der Waals surface area contributed by atoms with Crippen molar-refractivity contribution in [3.8, 4) is 0 Å². The number of rotatable bonds is 1. The number of aromatic amines is 1. The maximum atomic E-state index is 9.87. The summed E-state index contributed by atoms with van der Waals surface area (Å²) in [7, 11) is 0. The molecule has 0 aliphatic carbocycles. The molecule has 1 aromatic heterocycles. The van der Waals surface area contributed by atoms with Gasteiger partial charge in [0.05, 0.1) is 6.20 Å². The number of hydrogen-bond acceptors (Lipinski definition) is 4. The van der Waals surface area contributed by atoms with Gasteiger partial charge in [0.2, 0.25) is 0 Å². The van der Waals surface area contributed by atoms with Gasteiger partial charge >= 0.3 is 0 Å².